The number of carbonyl (C=O) groups excluding carboxylic acids is 1. The molecule has 6 heteroatoms. The van der Waals surface area contributed by atoms with E-state index in [2.05, 4.69) is 5.32 Å². The molecule has 1 heterocycles. The van der Waals surface area contributed by atoms with Crippen molar-refractivity contribution in [3.8, 4) is 0 Å². The lowest BCUT2D eigenvalue weighted by atomic mass is 9.98. The predicted octanol–water partition coefficient (Wildman–Crippen LogP) is 1.79. The van der Waals surface area contributed by atoms with Gasteiger partial charge in [0.2, 0.25) is 0 Å². The molecule has 1 atom stereocenters. The summed E-state index contributed by atoms with van der Waals surface area (Å²) in [6, 6.07) is -0.425. The van der Waals surface area contributed by atoms with Gasteiger partial charge in [0.1, 0.15) is 0 Å². The molecule has 0 aromatic heterocycles. The molecule has 0 bridgehead atoms. The minimum absolute atomic E-state index is 0.123. The maximum absolute atomic E-state index is 12.4. The van der Waals surface area contributed by atoms with E-state index in [9.17, 15) is 18.0 Å². The van der Waals surface area contributed by atoms with Gasteiger partial charge < -0.3 is 10.2 Å². The molecular weight excluding hydrogens is 233 g/mol. The molecule has 1 saturated heterocycles. The van der Waals surface area contributed by atoms with Gasteiger partial charge in [-0.2, -0.15) is 13.2 Å². The third-order valence-electron chi connectivity index (χ3n) is 2.98. The minimum Gasteiger partial charge on any atom is -0.332 e. The predicted molar refractivity (Wildman–Crippen MR) is 58.5 cm³/mol. The van der Waals surface area contributed by atoms with Crippen LogP contribution < -0.4 is 5.32 Å². The van der Waals surface area contributed by atoms with Crippen molar-refractivity contribution in [2.24, 2.45) is 5.92 Å². The molecule has 1 aliphatic rings. The summed E-state index contributed by atoms with van der Waals surface area (Å²) in [5, 5.41) is 3.14. The first kappa shape index (κ1) is 14.3. The van der Waals surface area contributed by atoms with Gasteiger partial charge in [-0.15, -0.1) is 0 Å². The van der Waals surface area contributed by atoms with Crippen LogP contribution in [0, 0.1) is 5.92 Å². The Morgan fingerprint density at radius 2 is 2.12 bits per heavy atom. The van der Waals surface area contributed by atoms with Crippen molar-refractivity contribution in [2.45, 2.75) is 38.9 Å². The molecule has 1 rings (SSSR count). The molecule has 0 saturated carbocycles. The number of halogens is 3. The maximum atomic E-state index is 12.4. The molecule has 1 amide bonds. The van der Waals surface area contributed by atoms with Gasteiger partial charge in [0.15, 0.2) is 0 Å². The van der Waals surface area contributed by atoms with Crippen LogP contribution in [-0.4, -0.2) is 42.7 Å². The quantitative estimate of drug-likeness (QED) is 0.830. The van der Waals surface area contributed by atoms with Crippen LogP contribution in [0.5, 0.6) is 0 Å². The number of hydrogen-bond donors (Lipinski definition) is 1. The molecule has 1 unspecified atom stereocenters. The summed E-state index contributed by atoms with van der Waals surface area (Å²) in [6.07, 6.45) is -2.94. The number of nitrogens with one attached hydrogen (secondary N) is 1. The molecular formula is C11H19F3N2O. The largest absolute Gasteiger partial charge is 0.471 e. The Bertz CT molecular complexity index is 260. The van der Waals surface area contributed by atoms with Crippen LogP contribution in [-0.2, 0) is 4.79 Å². The average molecular weight is 252 g/mol. The highest BCUT2D eigenvalue weighted by molar-refractivity contribution is 5.82. The smallest absolute Gasteiger partial charge is 0.332 e. The maximum Gasteiger partial charge on any atom is 0.471 e. The Morgan fingerprint density at radius 3 is 2.53 bits per heavy atom. The fraction of sp³-hybridized carbons (Fsp3) is 0.909. The van der Waals surface area contributed by atoms with Crippen molar-refractivity contribution in [3.63, 3.8) is 0 Å². The second-order valence-corrected chi connectivity index (χ2v) is 4.76. The highest BCUT2D eigenvalue weighted by atomic mass is 19.4. The van der Waals surface area contributed by atoms with Crippen molar-refractivity contribution in [2.75, 3.05) is 19.6 Å². The van der Waals surface area contributed by atoms with Crippen LogP contribution >= 0.6 is 0 Å². The van der Waals surface area contributed by atoms with Crippen LogP contribution in [0.15, 0.2) is 0 Å². The normalized spacial score (nSPS) is 21.6. The standard InChI is InChI=1S/C11H19F3N2O/c1-8(2)16(10(17)11(12,13)14)7-9-4-3-5-15-6-9/h8-9,15H,3-7H2,1-2H3. The first-order valence-electron chi connectivity index (χ1n) is 5.91. The Morgan fingerprint density at radius 1 is 1.47 bits per heavy atom. The Balaban J connectivity index is 2.62. The molecule has 3 nitrogen and oxygen atoms in total. The summed E-state index contributed by atoms with van der Waals surface area (Å²) in [6.45, 7) is 5.00. The van der Waals surface area contributed by atoms with Gasteiger partial charge in [-0.05, 0) is 45.7 Å². The number of rotatable bonds is 3. The van der Waals surface area contributed by atoms with Crippen molar-refractivity contribution in [1.82, 2.24) is 10.2 Å². The second kappa shape index (κ2) is 5.71. The summed E-state index contributed by atoms with van der Waals surface area (Å²) < 4.78 is 37.2. The van der Waals surface area contributed by atoms with E-state index in [1.54, 1.807) is 13.8 Å². The number of piperidine rings is 1. The third-order valence-corrected chi connectivity index (χ3v) is 2.98. The fourth-order valence-electron chi connectivity index (χ4n) is 2.05. The molecule has 17 heavy (non-hydrogen) atoms. The zero-order valence-corrected chi connectivity index (χ0v) is 10.2. The molecule has 0 aromatic rings. The third kappa shape index (κ3) is 4.18. The second-order valence-electron chi connectivity index (χ2n) is 4.76. The van der Waals surface area contributed by atoms with Crippen molar-refractivity contribution < 1.29 is 18.0 Å². The Hall–Kier alpha value is -0.780. The summed E-state index contributed by atoms with van der Waals surface area (Å²) in [5.74, 6) is -1.60. The number of nitrogens with zero attached hydrogens (tertiary/aromatic N) is 1. The summed E-state index contributed by atoms with van der Waals surface area (Å²) >= 11 is 0. The van der Waals surface area contributed by atoms with Gasteiger partial charge >= 0.3 is 12.1 Å². The molecule has 0 radical (unpaired) electrons. The topological polar surface area (TPSA) is 32.3 Å². The highest BCUT2D eigenvalue weighted by Crippen LogP contribution is 2.22. The number of alkyl halides is 3. The fourth-order valence-corrected chi connectivity index (χ4v) is 2.05. The van der Waals surface area contributed by atoms with Crippen molar-refractivity contribution in [3.05, 3.63) is 0 Å². The monoisotopic (exact) mass is 252 g/mol. The van der Waals surface area contributed by atoms with E-state index >= 15 is 0 Å². The summed E-state index contributed by atoms with van der Waals surface area (Å²) in [4.78, 5) is 12.2. The molecule has 0 spiro atoms. The highest BCUT2D eigenvalue weighted by Gasteiger charge is 2.43. The van der Waals surface area contributed by atoms with E-state index in [0.717, 1.165) is 24.3 Å². The SMILES string of the molecule is CC(C)N(CC1CCCNC1)C(=O)C(F)(F)F. The molecule has 1 fully saturated rings. The number of amides is 1. The van der Waals surface area contributed by atoms with Crippen LogP contribution in [0.25, 0.3) is 0 Å². The number of hydrogen-bond acceptors (Lipinski definition) is 2. The first-order valence-corrected chi connectivity index (χ1v) is 5.91. The van der Waals surface area contributed by atoms with E-state index in [1.165, 1.54) is 0 Å². The first-order chi connectivity index (χ1) is 7.82. The van der Waals surface area contributed by atoms with Gasteiger partial charge in [0.25, 0.3) is 0 Å². The molecule has 1 N–H and O–H groups in total. The Kier molecular flexibility index (Phi) is 4.80. The van der Waals surface area contributed by atoms with Gasteiger partial charge in [0, 0.05) is 12.6 Å². The van der Waals surface area contributed by atoms with Gasteiger partial charge in [-0.1, -0.05) is 0 Å². The van der Waals surface area contributed by atoms with E-state index in [0.29, 0.717) is 6.54 Å². The molecule has 100 valence electrons. The molecule has 0 aliphatic carbocycles. The van der Waals surface area contributed by atoms with E-state index < -0.39 is 18.1 Å². The van der Waals surface area contributed by atoms with Crippen molar-refractivity contribution >= 4 is 5.91 Å². The summed E-state index contributed by atoms with van der Waals surface area (Å²) in [5.41, 5.74) is 0. The number of carbonyl (C=O) groups is 1. The van der Waals surface area contributed by atoms with E-state index in [1.807, 2.05) is 0 Å². The molecule has 1 aliphatic heterocycles. The van der Waals surface area contributed by atoms with E-state index in [-0.39, 0.29) is 12.5 Å². The zero-order chi connectivity index (χ0) is 13.1. The van der Waals surface area contributed by atoms with Crippen LogP contribution in [0.1, 0.15) is 26.7 Å². The average Bonchev–Trinajstić information content (AvgIpc) is 2.24. The lowest BCUT2D eigenvalue weighted by molar-refractivity contribution is -0.188. The van der Waals surface area contributed by atoms with E-state index in [4.69, 9.17) is 0 Å². The van der Waals surface area contributed by atoms with Crippen molar-refractivity contribution in [1.29, 1.82) is 0 Å². The van der Waals surface area contributed by atoms with Gasteiger partial charge in [-0.25, -0.2) is 0 Å². The molecule has 0 aromatic carbocycles. The van der Waals surface area contributed by atoms with Crippen LogP contribution in [0.3, 0.4) is 0 Å². The van der Waals surface area contributed by atoms with Crippen LogP contribution in [0.4, 0.5) is 13.2 Å². The minimum atomic E-state index is -4.77. The van der Waals surface area contributed by atoms with Gasteiger partial charge in [0.05, 0.1) is 0 Å². The van der Waals surface area contributed by atoms with Crippen LogP contribution in [0.2, 0.25) is 0 Å². The Labute approximate surface area is 99.4 Å². The summed E-state index contributed by atoms with van der Waals surface area (Å²) in [7, 11) is 0. The van der Waals surface area contributed by atoms with Gasteiger partial charge in [-0.3, -0.25) is 4.79 Å². The zero-order valence-electron chi connectivity index (χ0n) is 10.2. The lowest BCUT2D eigenvalue weighted by Gasteiger charge is -2.33. The lowest BCUT2D eigenvalue weighted by Crippen LogP contribution is -2.49.